The zero-order valence-corrected chi connectivity index (χ0v) is 19.2. The summed E-state index contributed by atoms with van der Waals surface area (Å²) in [7, 11) is -2.31. The topological polar surface area (TPSA) is 135 Å². The largest absolute Gasteiger partial charge is 0.480 e. The molecule has 0 unspecified atom stereocenters. The van der Waals surface area contributed by atoms with Gasteiger partial charge >= 0.3 is 0 Å². The Morgan fingerprint density at radius 2 is 1.91 bits per heavy atom. The van der Waals surface area contributed by atoms with E-state index >= 15 is 0 Å². The van der Waals surface area contributed by atoms with Gasteiger partial charge in [-0.1, -0.05) is 11.6 Å². The molecule has 0 spiro atoms. The van der Waals surface area contributed by atoms with E-state index in [1.165, 1.54) is 31.5 Å². The number of carbonyl (C=O) groups is 1. The molecular weight excluding hydrogens is 475 g/mol. The second-order valence-corrected chi connectivity index (χ2v) is 9.01. The molecule has 1 aromatic carbocycles. The molecule has 0 radical (unpaired) electrons. The molecule has 0 fully saturated rings. The molecule has 3 rings (SSSR count). The molecule has 3 N–H and O–H groups in total. The number of hydrogen-bond donors (Lipinski definition) is 3. The minimum atomic E-state index is -3.73. The lowest BCUT2D eigenvalue weighted by atomic mass is 10.2. The van der Waals surface area contributed by atoms with Crippen LogP contribution >= 0.6 is 11.6 Å². The fourth-order valence-electron chi connectivity index (χ4n) is 2.66. The van der Waals surface area contributed by atoms with Crippen molar-refractivity contribution in [3.05, 3.63) is 59.0 Å². The fourth-order valence-corrected chi connectivity index (χ4v) is 3.30. The van der Waals surface area contributed by atoms with E-state index in [2.05, 4.69) is 30.9 Å². The standard InChI is InChI=1S/C20H20ClFN6O4S/c1-32-19-13(4-3-7-25-19)18(29)24-9-8-23-16-11-17(28-20(27-16)33(2,30)31)26-12-5-6-14(21)15(22)10-12/h3-7,10-11H,8-9H2,1-2H3,(H,24,29)(H2,23,26,27,28). The van der Waals surface area contributed by atoms with Gasteiger partial charge < -0.3 is 20.7 Å². The summed E-state index contributed by atoms with van der Waals surface area (Å²) in [4.78, 5) is 24.3. The molecule has 13 heteroatoms. The molecule has 0 atom stereocenters. The van der Waals surface area contributed by atoms with Gasteiger partial charge in [0.15, 0.2) is 0 Å². The Labute approximate surface area is 194 Å². The quantitative estimate of drug-likeness (QED) is 0.303. The van der Waals surface area contributed by atoms with E-state index in [0.29, 0.717) is 5.69 Å². The zero-order chi connectivity index (χ0) is 24.0. The number of benzene rings is 1. The van der Waals surface area contributed by atoms with Gasteiger partial charge in [0.1, 0.15) is 23.0 Å². The van der Waals surface area contributed by atoms with Crippen LogP contribution < -0.4 is 20.7 Å². The molecule has 10 nitrogen and oxygen atoms in total. The number of rotatable bonds is 9. The number of aromatic nitrogens is 3. The van der Waals surface area contributed by atoms with Crippen LogP contribution in [0.4, 0.5) is 21.7 Å². The first-order chi connectivity index (χ1) is 15.7. The smallest absolute Gasteiger partial charge is 0.256 e. The summed E-state index contributed by atoms with van der Waals surface area (Å²) in [5.74, 6) is -0.507. The average molecular weight is 495 g/mol. The van der Waals surface area contributed by atoms with E-state index in [4.69, 9.17) is 16.3 Å². The van der Waals surface area contributed by atoms with E-state index in [1.807, 2.05) is 0 Å². The highest BCUT2D eigenvalue weighted by atomic mass is 35.5. The molecule has 0 aliphatic rings. The van der Waals surface area contributed by atoms with Gasteiger partial charge in [0, 0.05) is 37.3 Å². The maximum absolute atomic E-state index is 13.7. The van der Waals surface area contributed by atoms with Gasteiger partial charge in [-0.3, -0.25) is 4.79 Å². The summed E-state index contributed by atoms with van der Waals surface area (Å²) < 4.78 is 42.8. The molecule has 2 aromatic heterocycles. The number of nitrogens with zero attached hydrogens (tertiary/aromatic N) is 3. The number of carbonyl (C=O) groups excluding carboxylic acids is 1. The molecule has 0 aliphatic heterocycles. The van der Waals surface area contributed by atoms with Crippen LogP contribution in [0.25, 0.3) is 0 Å². The minimum Gasteiger partial charge on any atom is -0.480 e. The molecule has 0 saturated carbocycles. The van der Waals surface area contributed by atoms with Crippen LogP contribution in [-0.4, -0.2) is 55.7 Å². The molecular formula is C20H20ClFN6O4S. The zero-order valence-electron chi connectivity index (χ0n) is 17.6. The molecule has 1 amide bonds. The monoisotopic (exact) mass is 494 g/mol. The van der Waals surface area contributed by atoms with Crippen molar-refractivity contribution in [1.82, 2.24) is 20.3 Å². The van der Waals surface area contributed by atoms with Gasteiger partial charge in [-0.2, -0.15) is 0 Å². The Morgan fingerprint density at radius 3 is 2.61 bits per heavy atom. The number of amides is 1. The van der Waals surface area contributed by atoms with Gasteiger partial charge in [-0.15, -0.1) is 0 Å². The highest BCUT2D eigenvalue weighted by Crippen LogP contribution is 2.23. The second-order valence-electron chi connectivity index (χ2n) is 6.69. The fraction of sp³-hybridized carbons (Fsp3) is 0.200. The van der Waals surface area contributed by atoms with Crippen molar-refractivity contribution in [1.29, 1.82) is 0 Å². The Morgan fingerprint density at radius 1 is 1.15 bits per heavy atom. The summed E-state index contributed by atoms with van der Waals surface area (Å²) in [6.45, 7) is 0.420. The summed E-state index contributed by atoms with van der Waals surface area (Å²) in [5.41, 5.74) is 0.599. The van der Waals surface area contributed by atoms with E-state index in [9.17, 15) is 17.6 Å². The SMILES string of the molecule is COc1ncccc1C(=O)NCCNc1cc(Nc2ccc(Cl)c(F)c2)nc(S(C)(=O)=O)n1. The molecule has 0 aliphatic carbocycles. The Bertz CT molecular complexity index is 1280. The lowest BCUT2D eigenvalue weighted by Crippen LogP contribution is -2.29. The number of methoxy groups -OCH3 is 1. The summed E-state index contributed by atoms with van der Waals surface area (Å²) in [6.07, 6.45) is 2.48. The van der Waals surface area contributed by atoms with Crippen molar-refractivity contribution < 1.29 is 22.3 Å². The number of pyridine rings is 1. The van der Waals surface area contributed by atoms with Crippen molar-refractivity contribution in [2.45, 2.75) is 5.16 Å². The van der Waals surface area contributed by atoms with Gasteiger partial charge in [0.2, 0.25) is 15.7 Å². The van der Waals surface area contributed by atoms with Crippen LogP contribution in [0, 0.1) is 5.82 Å². The molecule has 3 aromatic rings. The normalized spacial score (nSPS) is 11.0. The minimum absolute atomic E-state index is 0.0478. The van der Waals surface area contributed by atoms with E-state index in [0.717, 1.165) is 12.3 Å². The van der Waals surface area contributed by atoms with E-state index < -0.39 is 20.8 Å². The third kappa shape index (κ3) is 6.49. The van der Waals surface area contributed by atoms with Crippen LogP contribution in [0.3, 0.4) is 0 Å². The predicted molar refractivity (Wildman–Crippen MR) is 121 cm³/mol. The second kappa shape index (κ2) is 10.4. The van der Waals surface area contributed by atoms with Gasteiger partial charge in [-0.25, -0.2) is 27.8 Å². The summed E-state index contributed by atoms with van der Waals surface area (Å²) in [6, 6.07) is 8.67. The number of nitrogens with one attached hydrogen (secondary N) is 3. The van der Waals surface area contributed by atoms with Crippen molar-refractivity contribution in [3.8, 4) is 5.88 Å². The van der Waals surface area contributed by atoms with Crippen LogP contribution in [0.1, 0.15) is 10.4 Å². The first kappa shape index (κ1) is 24.1. The lowest BCUT2D eigenvalue weighted by molar-refractivity contribution is 0.0951. The lowest BCUT2D eigenvalue weighted by Gasteiger charge is -2.12. The third-order valence-electron chi connectivity index (χ3n) is 4.16. The molecule has 33 heavy (non-hydrogen) atoms. The number of ether oxygens (including phenoxy) is 1. The van der Waals surface area contributed by atoms with Crippen molar-refractivity contribution >= 4 is 44.7 Å². The van der Waals surface area contributed by atoms with Gasteiger partial charge in [0.25, 0.3) is 11.1 Å². The molecule has 2 heterocycles. The number of anilines is 3. The molecule has 0 saturated heterocycles. The Kier molecular flexibility index (Phi) is 7.61. The number of sulfone groups is 1. The average Bonchev–Trinajstić information content (AvgIpc) is 2.78. The third-order valence-corrected chi connectivity index (χ3v) is 5.31. The highest BCUT2D eigenvalue weighted by Gasteiger charge is 2.16. The van der Waals surface area contributed by atoms with Crippen molar-refractivity contribution in [2.24, 2.45) is 0 Å². The molecule has 174 valence electrons. The summed E-state index contributed by atoms with van der Waals surface area (Å²) in [5, 5.41) is 7.98. The Hall–Kier alpha value is -3.51. The van der Waals surface area contributed by atoms with Crippen LogP contribution in [0.2, 0.25) is 5.02 Å². The molecule has 0 bridgehead atoms. The van der Waals surface area contributed by atoms with Crippen molar-refractivity contribution in [3.63, 3.8) is 0 Å². The maximum atomic E-state index is 13.7. The first-order valence-electron chi connectivity index (χ1n) is 9.49. The van der Waals surface area contributed by atoms with E-state index in [1.54, 1.807) is 12.1 Å². The first-order valence-corrected chi connectivity index (χ1v) is 11.8. The maximum Gasteiger partial charge on any atom is 0.256 e. The number of halogens is 2. The Balaban J connectivity index is 1.69. The predicted octanol–water partition coefficient (Wildman–Crippen LogP) is 2.66. The number of hydrogen-bond acceptors (Lipinski definition) is 9. The van der Waals surface area contributed by atoms with Crippen LogP contribution in [0.15, 0.2) is 47.8 Å². The van der Waals surface area contributed by atoms with E-state index in [-0.39, 0.29) is 47.1 Å². The summed E-state index contributed by atoms with van der Waals surface area (Å²) >= 11 is 5.69. The highest BCUT2D eigenvalue weighted by molar-refractivity contribution is 7.90. The van der Waals surface area contributed by atoms with Crippen molar-refractivity contribution in [2.75, 3.05) is 37.1 Å². The van der Waals surface area contributed by atoms with Gasteiger partial charge in [-0.05, 0) is 30.3 Å². The van der Waals surface area contributed by atoms with Gasteiger partial charge in [0.05, 0.1) is 12.1 Å². The van der Waals surface area contributed by atoms with Crippen LogP contribution in [-0.2, 0) is 9.84 Å². The van der Waals surface area contributed by atoms with Crippen LogP contribution in [0.5, 0.6) is 5.88 Å².